The lowest BCUT2D eigenvalue weighted by Gasteiger charge is -2.31. The number of imidazole rings is 1. The Morgan fingerprint density at radius 3 is 2.86 bits per heavy atom. The molecule has 1 aliphatic heterocycles. The molecule has 1 amide bonds. The Balaban J connectivity index is 1.41. The number of likely N-dealkylation sites (tertiary alicyclic amines) is 1. The normalized spacial score (nSPS) is 16.3. The van der Waals surface area contributed by atoms with E-state index < -0.39 is 0 Å². The van der Waals surface area contributed by atoms with E-state index in [2.05, 4.69) is 15.0 Å². The molecule has 0 spiro atoms. The monoisotopic (exact) mass is 304 g/mol. The smallest absolute Gasteiger partial charge is 0.222 e. The zero-order valence-electron chi connectivity index (χ0n) is 12.0. The van der Waals surface area contributed by atoms with Crippen molar-refractivity contribution in [2.45, 2.75) is 32.1 Å². The largest absolute Gasteiger partial charge is 0.349 e. The SMILES string of the molecule is O=C(CCc1nccs1)N1CCC(Cc2ncc[nH]2)CC1. The lowest BCUT2D eigenvalue weighted by molar-refractivity contribution is -0.132. The van der Waals surface area contributed by atoms with Crippen molar-refractivity contribution in [3.05, 3.63) is 34.8 Å². The van der Waals surface area contributed by atoms with E-state index in [1.54, 1.807) is 23.7 Å². The summed E-state index contributed by atoms with van der Waals surface area (Å²) in [5, 5.41) is 3.01. The van der Waals surface area contributed by atoms with E-state index in [0.717, 1.165) is 49.6 Å². The maximum atomic E-state index is 12.2. The molecule has 3 heterocycles. The minimum Gasteiger partial charge on any atom is -0.349 e. The summed E-state index contributed by atoms with van der Waals surface area (Å²) in [6.45, 7) is 1.75. The fourth-order valence-corrected chi connectivity index (χ4v) is 3.44. The van der Waals surface area contributed by atoms with Gasteiger partial charge in [0.2, 0.25) is 5.91 Å². The number of amides is 1. The zero-order valence-corrected chi connectivity index (χ0v) is 12.8. The maximum absolute atomic E-state index is 12.2. The Hall–Kier alpha value is -1.69. The van der Waals surface area contributed by atoms with Gasteiger partial charge in [-0.3, -0.25) is 4.79 Å². The van der Waals surface area contributed by atoms with E-state index in [-0.39, 0.29) is 5.91 Å². The number of H-pyrrole nitrogens is 1. The van der Waals surface area contributed by atoms with Gasteiger partial charge in [0.05, 0.1) is 5.01 Å². The third-order valence-electron chi connectivity index (χ3n) is 4.04. The molecule has 2 aromatic heterocycles. The van der Waals surface area contributed by atoms with Crippen LogP contribution in [-0.2, 0) is 17.6 Å². The van der Waals surface area contributed by atoms with Gasteiger partial charge in [-0.15, -0.1) is 11.3 Å². The summed E-state index contributed by atoms with van der Waals surface area (Å²) in [5.74, 6) is 1.96. The number of piperidine rings is 1. The molecule has 1 fully saturated rings. The summed E-state index contributed by atoms with van der Waals surface area (Å²) in [7, 11) is 0. The van der Waals surface area contributed by atoms with E-state index in [9.17, 15) is 4.79 Å². The Morgan fingerprint density at radius 2 is 2.19 bits per heavy atom. The second-order valence-corrected chi connectivity index (χ2v) is 6.47. The number of hydrogen-bond acceptors (Lipinski definition) is 4. The molecule has 2 aromatic rings. The number of carbonyl (C=O) groups excluding carboxylic acids is 1. The van der Waals surface area contributed by atoms with Crippen molar-refractivity contribution in [2.75, 3.05) is 13.1 Å². The third kappa shape index (κ3) is 3.91. The van der Waals surface area contributed by atoms with Crippen LogP contribution in [0.4, 0.5) is 0 Å². The van der Waals surface area contributed by atoms with Crippen molar-refractivity contribution >= 4 is 17.2 Å². The van der Waals surface area contributed by atoms with Gasteiger partial charge in [-0.2, -0.15) is 0 Å². The average molecular weight is 304 g/mol. The Bertz CT molecular complexity index is 544. The van der Waals surface area contributed by atoms with Gasteiger partial charge in [-0.1, -0.05) is 0 Å². The molecule has 0 aliphatic carbocycles. The first kappa shape index (κ1) is 14.3. The second-order valence-electron chi connectivity index (χ2n) is 5.49. The minimum atomic E-state index is 0.265. The van der Waals surface area contributed by atoms with Crippen LogP contribution < -0.4 is 0 Å². The molecule has 1 N–H and O–H groups in total. The molecule has 0 atom stereocenters. The molecular weight excluding hydrogens is 284 g/mol. The van der Waals surface area contributed by atoms with Gasteiger partial charge in [-0.05, 0) is 18.8 Å². The van der Waals surface area contributed by atoms with Crippen LogP contribution in [0.5, 0.6) is 0 Å². The summed E-state index contributed by atoms with van der Waals surface area (Å²) in [5.41, 5.74) is 0. The number of aromatic amines is 1. The van der Waals surface area contributed by atoms with E-state index >= 15 is 0 Å². The number of carbonyl (C=O) groups is 1. The summed E-state index contributed by atoms with van der Waals surface area (Å²) < 4.78 is 0. The van der Waals surface area contributed by atoms with E-state index in [1.807, 2.05) is 16.5 Å². The summed E-state index contributed by atoms with van der Waals surface area (Å²) in [6.07, 6.45) is 9.95. The molecule has 0 aromatic carbocycles. The van der Waals surface area contributed by atoms with Gasteiger partial charge in [0.15, 0.2) is 0 Å². The lowest BCUT2D eigenvalue weighted by Crippen LogP contribution is -2.39. The topological polar surface area (TPSA) is 61.9 Å². The maximum Gasteiger partial charge on any atom is 0.222 e. The summed E-state index contributed by atoms with van der Waals surface area (Å²) in [4.78, 5) is 25.9. The first-order chi connectivity index (χ1) is 10.3. The van der Waals surface area contributed by atoms with Crippen molar-refractivity contribution < 1.29 is 4.79 Å². The first-order valence-corrected chi connectivity index (χ1v) is 8.33. The highest BCUT2D eigenvalue weighted by Gasteiger charge is 2.23. The average Bonchev–Trinajstić information content (AvgIpc) is 3.19. The van der Waals surface area contributed by atoms with Gasteiger partial charge in [0.25, 0.3) is 0 Å². The second kappa shape index (κ2) is 6.85. The highest BCUT2D eigenvalue weighted by Crippen LogP contribution is 2.21. The fourth-order valence-electron chi connectivity index (χ4n) is 2.82. The number of thiazole rings is 1. The van der Waals surface area contributed by atoms with Crippen LogP contribution >= 0.6 is 11.3 Å². The molecule has 0 saturated carbocycles. The third-order valence-corrected chi connectivity index (χ3v) is 4.88. The van der Waals surface area contributed by atoms with Crippen LogP contribution in [-0.4, -0.2) is 38.8 Å². The Morgan fingerprint density at radius 1 is 1.33 bits per heavy atom. The van der Waals surface area contributed by atoms with Gasteiger partial charge < -0.3 is 9.88 Å². The van der Waals surface area contributed by atoms with Gasteiger partial charge in [0, 0.05) is 56.3 Å². The molecule has 3 rings (SSSR count). The Kier molecular flexibility index (Phi) is 4.65. The Labute approximate surface area is 128 Å². The van der Waals surface area contributed by atoms with Gasteiger partial charge in [-0.25, -0.2) is 9.97 Å². The molecule has 6 heteroatoms. The fraction of sp³-hybridized carbons (Fsp3) is 0.533. The molecule has 1 aliphatic rings. The minimum absolute atomic E-state index is 0.265. The van der Waals surface area contributed by atoms with Crippen LogP contribution in [0.25, 0.3) is 0 Å². The molecule has 21 heavy (non-hydrogen) atoms. The predicted octanol–water partition coefficient (Wildman–Crippen LogP) is 2.28. The van der Waals surface area contributed by atoms with Gasteiger partial charge in [0.1, 0.15) is 5.82 Å². The summed E-state index contributed by atoms with van der Waals surface area (Å²) >= 11 is 1.62. The molecule has 0 bridgehead atoms. The van der Waals surface area contributed by atoms with Crippen LogP contribution in [0.2, 0.25) is 0 Å². The van der Waals surface area contributed by atoms with Crippen molar-refractivity contribution in [1.29, 1.82) is 0 Å². The van der Waals surface area contributed by atoms with Crippen molar-refractivity contribution in [1.82, 2.24) is 19.9 Å². The molecule has 112 valence electrons. The highest BCUT2D eigenvalue weighted by molar-refractivity contribution is 7.09. The number of nitrogens with one attached hydrogen (secondary N) is 1. The van der Waals surface area contributed by atoms with Crippen molar-refractivity contribution in [2.24, 2.45) is 5.92 Å². The number of nitrogens with zero attached hydrogens (tertiary/aromatic N) is 3. The molecule has 0 unspecified atom stereocenters. The predicted molar refractivity (Wildman–Crippen MR) is 82.0 cm³/mol. The highest BCUT2D eigenvalue weighted by atomic mass is 32.1. The van der Waals surface area contributed by atoms with Gasteiger partial charge >= 0.3 is 0 Å². The van der Waals surface area contributed by atoms with E-state index in [1.165, 1.54) is 0 Å². The van der Waals surface area contributed by atoms with Crippen LogP contribution in [0, 0.1) is 5.92 Å². The quantitative estimate of drug-likeness (QED) is 0.922. The molecule has 5 nitrogen and oxygen atoms in total. The number of hydrogen-bond donors (Lipinski definition) is 1. The van der Waals surface area contributed by atoms with E-state index in [0.29, 0.717) is 12.3 Å². The molecular formula is C15H20N4OS. The summed E-state index contributed by atoms with van der Waals surface area (Å²) in [6, 6.07) is 0. The van der Waals surface area contributed by atoms with Crippen molar-refractivity contribution in [3.63, 3.8) is 0 Å². The van der Waals surface area contributed by atoms with Crippen LogP contribution in [0.1, 0.15) is 30.1 Å². The van der Waals surface area contributed by atoms with Crippen LogP contribution in [0.15, 0.2) is 24.0 Å². The first-order valence-electron chi connectivity index (χ1n) is 7.45. The van der Waals surface area contributed by atoms with E-state index in [4.69, 9.17) is 0 Å². The van der Waals surface area contributed by atoms with Crippen molar-refractivity contribution in [3.8, 4) is 0 Å². The lowest BCUT2D eigenvalue weighted by atomic mass is 9.93. The van der Waals surface area contributed by atoms with Crippen LogP contribution in [0.3, 0.4) is 0 Å². The number of aryl methyl sites for hydroxylation is 1. The zero-order chi connectivity index (χ0) is 14.5. The number of aromatic nitrogens is 3. The standard InChI is InChI=1S/C15H20N4OS/c20-15(2-1-14-18-7-10-21-14)19-8-3-12(4-9-19)11-13-16-5-6-17-13/h5-7,10,12H,1-4,8-9,11H2,(H,16,17). The molecule has 0 radical (unpaired) electrons. The molecule has 1 saturated heterocycles. The number of rotatable bonds is 5.